The molecule has 1 aliphatic rings. The van der Waals surface area contributed by atoms with Gasteiger partial charge in [-0.05, 0) is 13.8 Å². The summed E-state index contributed by atoms with van der Waals surface area (Å²) in [4.78, 5) is 36.1. The molecule has 0 bridgehead atoms. The molecule has 0 aromatic rings. The number of carbonyl (C=O) groups excluding carboxylic acids is 2. The Morgan fingerprint density at radius 2 is 2.00 bits per heavy atom. The first-order chi connectivity index (χ1) is 9.51. The van der Waals surface area contributed by atoms with Crippen LogP contribution in [0.5, 0.6) is 0 Å². The fourth-order valence-electron chi connectivity index (χ4n) is 2.20. The molecule has 1 unspecified atom stereocenters. The summed E-state index contributed by atoms with van der Waals surface area (Å²) in [7, 11) is 0. The molecular formula is C12H17F3N2O4. The Bertz CT molecular complexity index is 437. The quantitative estimate of drug-likeness (QED) is 0.811. The predicted molar refractivity (Wildman–Crippen MR) is 65.2 cm³/mol. The molecule has 0 radical (unpaired) electrons. The van der Waals surface area contributed by atoms with Crippen LogP contribution in [0.4, 0.5) is 13.2 Å². The van der Waals surface area contributed by atoms with E-state index in [1.807, 2.05) is 0 Å². The van der Waals surface area contributed by atoms with Gasteiger partial charge in [0, 0.05) is 19.0 Å². The first-order valence-corrected chi connectivity index (χ1v) is 6.38. The Labute approximate surface area is 119 Å². The number of nitrogens with zero attached hydrogens (tertiary/aromatic N) is 2. The molecule has 1 aliphatic heterocycles. The van der Waals surface area contributed by atoms with Gasteiger partial charge < -0.3 is 14.9 Å². The van der Waals surface area contributed by atoms with Crippen LogP contribution in [0.25, 0.3) is 0 Å². The highest BCUT2D eigenvalue weighted by Crippen LogP contribution is 2.25. The highest BCUT2D eigenvalue weighted by atomic mass is 19.4. The second-order valence-corrected chi connectivity index (χ2v) is 5.24. The molecule has 1 rings (SSSR count). The van der Waals surface area contributed by atoms with Crippen LogP contribution in [0.1, 0.15) is 20.3 Å². The number of hydrogen-bond donors (Lipinski definition) is 1. The van der Waals surface area contributed by atoms with Crippen LogP contribution in [-0.2, 0) is 14.4 Å². The molecule has 9 heteroatoms. The highest BCUT2D eigenvalue weighted by molar-refractivity contribution is 5.90. The van der Waals surface area contributed by atoms with Crippen molar-refractivity contribution < 1.29 is 32.7 Å². The largest absolute Gasteiger partial charge is 0.480 e. The molecular weight excluding hydrogens is 293 g/mol. The molecule has 1 N–H and O–H groups in total. The van der Waals surface area contributed by atoms with Gasteiger partial charge in [-0.3, -0.25) is 14.4 Å². The number of aliphatic carboxylic acids is 1. The second kappa shape index (κ2) is 6.31. The van der Waals surface area contributed by atoms with Gasteiger partial charge in [0.05, 0.1) is 5.92 Å². The van der Waals surface area contributed by atoms with Gasteiger partial charge in [0.1, 0.15) is 13.1 Å². The number of rotatable bonds is 5. The minimum Gasteiger partial charge on any atom is -0.480 e. The van der Waals surface area contributed by atoms with Crippen LogP contribution in [0.15, 0.2) is 0 Å². The van der Waals surface area contributed by atoms with E-state index in [4.69, 9.17) is 5.11 Å². The average molecular weight is 310 g/mol. The zero-order valence-electron chi connectivity index (χ0n) is 11.7. The summed E-state index contributed by atoms with van der Waals surface area (Å²) >= 11 is 0. The second-order valence-electron chi connectivity index (χ2n) is 5.24. The zero-order valence-corrected chi connectivity index (χ0v) is 11.7. The molecule has 120 valence electrons. The third kappa shape index (κ3) is 4.91. The van der Waals surface area contributed by atoms with Crippen molar-refractivity contribution in [3.8, 4) is 0 Å². The maximum atomic E-state index is 12.3. The molecule has 0 aliphatic carbocycles. The van der Waals surface area contributed by atoms with E-state index < -0.39 is 49.0 Å². The van der Waals surface area contributed by atoms with E-state index in [-0.39, 0.29) is 13.0 Å². The summed E-state index contributed by atoms with van der Waals surface area (Å²) in [6.07, 6.45) is -4.84. The fraction of sp³-hybridized carbons (Fsp3) is 0.750. The molecule has 0 aromatic heterocycles. The SMILES string of the molecule is CC(C)N(CC(=O)O)C(=O)C1CC(=O)N(CC(F)(F)F)C1. The topological polar surface area (TPSA) is 77.9 Å². The van der Waals surface area contributed by atoms with Gasteiger partial charge in [-0.1, -0.05) is 0 Å². The number of carbonyl (C=O) groups is 3. The monoisotopic (exact) mass is 310 g/mol. The van der Waals surface area contributed by atoms with E-state index in [1.54, 1.807) is 13.8 Å². The van der Waals surface area contributed by atoms with Gasteiger partial charge in [-0.25, -0.2) is 0 Å². The standard InChI is InChI=1S/C12H17F3N2O4/c1-7(2)17(5-10(19)20)11(21)8-3-9(18)16(4-8)6-12(13,14)15/h7-8H,3-6H2,1-2H3,(H,19,20). The average Bonchev–Trinajstić information content (AvgIpc) is 2.64. The highest BCUT2D eigenvalue weighted by Gasteiger charge is 2.42. The van der Waals surface area contributed by atoms with E-state index in [0.717, 1.165) is 4.90 Å². The van der Waals surface area contributed by atoms with Crippen LogP contribution in [0.2, 0.25) is 0 Å². The Kier molecular flexibility index (Phi) is 5.19. The van der Waals surface area contributed by atoms with Crippen molar-refractivity contribution in [3.05, 3.63) is 0 Å². The lowest BCUT2D eigenvalue weighted by molar-refractivity contribution is -0.157. The molecule has 1 heterocycles. The minimum absolute atomic E-state index is 0.322. The normalized spacial score (nSPS) is 19.2. The maximum Gasteiger partial charge on any atom is 0.406 e. The third-order valence-corrected chi connectivity index (χ3v) is 3.15. The lowest BCUT2D eigenvalue weighted by atomic mass is 10.1. The van der Waals surface area contributed by atoms with E-state index >= 15 is 0 Å². The zero-order chi connectivity index (χ0) is 16.4. The summed E-state index contributed by atoms with van der Waals surface area (Å²) in [5.41, 5.74) is 0. The molecule has 1 fully saturated rings. The summed E-state index contributed by atoms with van der Waals surface area (Å²) in [6, 6.07) is -0.416. The molecule has 0 saturated carbocycles. The van der Waals surface area contributed by atoms with Crippen molar-refractivity contribution in [2.45, 2.75) is 32.5 Å². The smallest absolute Gasteiger partial charge is 0.406 e. The predicted octanol–water partition coefficient (Wildman–Crippen LogP) is 0.719. The number of halogens is 3. The van der Waals surface area contributed by atoms with E-state index in [1.165, 1.54) is 0 Å². The third-order valence-electron chi connectivity index (χ3n) is 3.15. The number of alkyl halides is 3. The Morgan fingerprint density at radius 3 is 2.43 bits per heavy atom. The number of amides is 2. The lowest BCUT2D eigenvalue weighted by Crippen LogP contribution is -2.44. The van der Waals surface area contributed by atoms with Crippen molar-refractivity contribution in [3.63, 3.8) is 0 Å². The van der Waals surface area contributed by atoms with Crippen LogP contribution in [0, 0.1) is 5.92 Å². The molecule has 21 heavy (non-hydrogen) atoms. The fourth-order valence-corrected chi connectivity index (χ4v) is 2.20. The number of carboxylic acid groups (broad SMARTS) is 1. The Hall–Kier alpha value is -1.80. The van der Waals surface area contributed by atoms with Gasteiger partial charge in [-0.15, -0.1) is 0 Å². The number of carboxylic acids is 1. The lowest BCUT2D eigenvalue weighted by Gasteiger charge is -2.27. The van der Waals surface area contributed by atoms with E-state index in [0.29, 0.717) is 4.90 Å². The van der Waals surface area contributed by atoms with Crippen molar-refractivity contribution in [1.29, 1.82) is 0 Å². The van der Waals surface area contributed by atoms with Crippen LogP contribution >= 0.6 is 0 Å². The van der Waals surface area contributed by atoms with Crippen LogP contribution in [-0.4, -0.2) is 64.5 Å². The maximum absolute atomic E-state index is 12.3. The number of likely N-dealkylation sites (tertiary alicyclic amines) is 1. The molecule has 2 amide bonds. The Morgan fingerprint density at radius 1 is 1.43 bits per heavy atom. The van der Waals surface area contributed by atoms with Gasteiger partial charge in [0.2, 0.25) is 11.8 Å². The van der Waals surface area contributed by atoms with Gasteiger partial charge in [0.25, 0.3) is 0 Å². The molecule has 1 saturated heterocycles. The van der Waals surface area contributed by atoms with E-state index in [2.05, 4.69) is 0 Å². The van der Waals surface area contributed by atoms with E-state index in [9.17, 15) is 27.6 Å². The molecule has 1 atom stereocenters. The molecule has 0 aromatic carbocycles. The summed E-state index contributed by atoms with van der Waals surface area (Å²) in [5.74, 6) is -3.50. The number of hydrogen-bond acceptors (Lipinski definition) is 3. The van der Waals surface area contributed by atoms with Crippen LogP contribution < -0.4 is 0 Å². The first-order valence-electron chi connectivity index (χ1n) is 6.38. The molecule has 0 spiro atoms. The Balaban J connectivity index is 2.75. The minimum atomic E-state index is -4.52. The van der Waals surface area contributed by atoms with Crippen molar-refractivity contribution in [2.24, 2.45) is 5.92 Å². The van der Waals surface area contributed by atoms with Gasteiger partial charge in [0.15, 0.2) is 0 Å². The summed E-state index contributed by atoms with van der Waals surface area (Å²) in [5, 5.41) is 8.76. The van der Waals surface area contributed by atoms with Gasteiger partial charge >= 0.3 is 12.1 Å². The van der Waals surface area contributed by atoms with Crippen molar-refractivity contribution in [1.82, 2.24) is 9.80 Å². The van der Waals surface area contributed by atoms with Gasteiger partial charge in [-0.2, -0.15) is 13.2 Å². The summed E-state index contributed by atoms with van der Waals surface area (Å²) < 4.78 is 36.9. The molecule has 6 nitrogen and oxygen atoms in total. The van der Waals surface area contributed by atoms with Crippen molar-refractivity contribution in [2.75, 3.05) is 19.6 Å². The van der Waals surface area contributed by atoms with Crippen LogP contribution in [0.3, 0.4) is 0 Å². The van der Waals surface area contributed by atoms with Crippen molar-refractivity contribution >= 4 is 17.8 Å². The first kappa shape index (κ1) is 17.3. The summed E-state index contributed by atoms with van der Waals surface area (Å²) in [6.45, 7) is 0.937.